The third-order valence-electron chi connectivity index (χ3n) is 3.27. The predicted octanol–water partition coefficient (Wildman–Crippen LogP) is 1.87. The lowest BCUT2D eigenvalue weighted by molar-refractivity contribution is -0.129. The molecule has 0 spiro atoms. The molecule has 0 fully saturated rings. The van der Waals surface area contributed by atoms with Crippen LogP contribution >= 0.6 is 0 Å². The fourth-order valence-corrected chi connectivity index (χ4v) is 2.40. The van der Waals surface area contributed by atoms with E-state index in [0.717, 1.165) is 18.5 Å². The summed E-state index contributed by atoms with van der Waals surface area (Å²) in [7, 11) is 0. The van der Waals surface area contributed by atoms with Crippen LogP contribution in [0.5, 0.6) is 0 Å². The van der Waals surface area contributed by atoms with Gasteiger partial charge in [-0.25, -0.2) is 0 Å². The van der Waals surface area contributed by atoms with Gasteiger partial charge in [0.2, 0.25) is 5.91 Å². The monoisotopic (exact) mass is 213 g/mol. The van der Waals surface area contributed by atoms with Crippen molar-refractivity contribution in [3.63, 3.8) is 0 Å². The number of nitrogens with zero attached hydrogens (tertiary/aromatic N) is 1. The van der Waals surface area contributed by atoms with E-state index in [1.165, 1.54) is 16.6 Å². The Labute approximate surface area is 94.1 Å². The van der Waals surface area contributed by atoms with Crippen LogP contribution in [0.4, 0.5) is 0 Å². The molecule has 0 aliphatic carbocycles. The van der Waals surface area contributed by atoms with Crippen molar-refractivity contribution in [1.29, 1.82) is 0 Å². The summed E-state index contributed by atoms with van der Waals surface area (Å²) in [4.78, 5) is 16.6. The van der Waals surface area contributed by atoms with Crippen molar-refractivity contribution in [1.82, 2.24) is 9.88 Å². The van der Waals surface area contributed by atoms with Crippen molar-refractivity contribution >= 4 is 16.8 Å². The Bertz CT molecular complexity index is 556. The lowest BCUT2D eigenvalue weighted by atomic mass is 10.0. The lowest BCUT2D eigenvalue weighted by Crippen LogP contribution is -2.34. The van der Waals surface area contributed by atoms with E-state index in [4.69, 9.17) is 0 Å². The van der Waals surface area contributed by atoms with E-state index < -0.39 is 0 Å². The van der Waals surface area contributed by atoms with E-state index >= 15 is 0 Å². The second-order valence-corrected chi connectivity index (χ2v) is 4.24. The zero-order valence-electron chi connectivity index (χ0n) is 9.21. The first-order valence-electron chi connectivity index (χ1n) is 5.51. The molecule has 0 atom stereocenters. The molecule has 0 bridgehead atoms. The molecule has 1 N–H and O–H groups in total. The van der Waals surface area contributed by atoms with Crippen LogP contribution in [0.2, 0.25) is 0 Å². The predicted molar refractivity (Wildman–Crippen MR) is 61.9 cm³/mol. The number of benzene rings is 1. The summed E-state index contributed by atoms with van der Waals surface area (Å²) in [5.74, 6) is 0.149. The topological polar surface area (TPSA) is 36.1 Å². The Morgan fingerprint density at radius 2 is 2.44 bits per heavy atom. The average Bonchev–Trinajstić information content (AvgIpc) is 2.66. The number of fused-ring (bicyclic) bond motifs is 3. The van der Waals surface area contributed by atoms with E-state index in [1.807, 2.05) is 23.1 Å². The maximum Gasteiger partial charge on any atom is 0.219 e. The number of nitrogens with one attached hydrogen (secondary N) is 1. The molecule has 81 valence electrons. The number of aromatic amines is 1. The molecule has 3 nitrogen and oxygen atoms in total. The first-order valence-corrected chi connectivity index (χ1v) is 5.51. The molecule has 1 aromatic carbocycles. The Morgan fingerprint density at radius 1 is 1.56 bits per heavy atom. The molecule has 2 heterocycles. The summed E-state index contributed by atoms with van der Waals surface area (Å²) < 4.78 is 0. The molecule has 0 saturated carbocycles. The minimum atomic E-state index is 0.149. The second-order valence-electron chi connectivity index (χ2n) is 4.24. The van der Waals surface area contributed by atoms with Crippen molar-refractivity contribution in [2.24, 2.45) is 0 Å². The fourth-order valence-electron chi connectivity index (χ4n) is 2.40. The van der Waals surface area contributed by atoms with Crippen LogP contribution in [0, 0.1) is 6.07 Å². The highest BCUT2D eigenvalue weighted by molar-refractivity contribution is 5.85. The Kier molecular flexibility index (Phi) is 1.99. The number of hydrogen-bond donors (Lipinski definition) is 1. The lowest BCUT2D eigenvalue weighted by Gasteiger charge is -2.25. The normalized spacial score (nSPS) is 15.2. The van der Waals surface area contributed by atoms with Gasteiger partial charge in [0, 0.05) is 30.1 Å². The number of H-pyrrole nitrogens is 1. The first-order chi connectivity index (χ1) is 7.75. The fraction of sp³-hybridized carbons (Fsp3) is 0.308. The Balaban J connectivity index is 2.09. The summed E-state index contributed by atoms with van der Waals surface area (Å²) in [5, 5.41) is 1.25. The number of carbonyl (C=O) groups is 1. The van der Waals surface area contributed by atoms with Crippen LogP contribution in [0.25, 0.3) is 10.9 Å². The number of carbonyl (C=O) groups excluding carboxylic acids is 1. The van der Waals surface area contributed by atoms with E-state index in [9.17, 15) is 4.79 Å². The van der Waals surface area contributed by atoms with Crippen molar-refractivity contribution in [3.8, 4) is 0 Å². The Morgan fingerprint density at radius 3 is 3.25 bits per heavy atom. The van der Waals surface area contributed by atoms with Crippen molar-refractivity contribution in [2.75, 3.05) is 6.54 Å². The number of amides is 1. The van der Waals surface area contributed by atoms with Gasteiger partial charge in [0.05, 0.1) is 6.54 Å². The molecule has 1 aliphatic heterocycles. The molecule has 3 heteroatoms. The van der Waals surface area contributed by atoms with Crippen LogP contribution < -0.4 is 0 Å². The minimum Gasteiger partial charge on any atom is -0.357 e. The third-order valence-corrected chi connectivity index (χ3v) is 3.27. The summed E-state index contributed by atoms with van der Waals surface area (Å²) in [6, 6.07) is 9.07. The second kappa shape index (κ2) is 3.37. The van der Waals surface area contributed by atoms with Gasteiger partial charge in [0.25, 0.3) is 0 Å². The quantitative estimate of drug-likeness (QED) is 0.712. The van der Waals surface area contributed by atoms with Crippen molar-refractivity contribution in [2.45, 2.75) is 19.9 Å². The van der Waals surface area contributed by atoms with Crippen LogP contribution in [0.15, 0.2) is 18.2 Å². The van der Waals surface area contributed by atoms with E-state index in [0.29, 0.717) is 6.54 Å². The van der Waals surface area contributed by atoms with Crippen LogP contribution in [-0.2, 0) is 17.8 Å². The summed E-state index contributed by atoms with van der Waals surface area (Å²) >= 11 is 0. The maximum absolute atomic E-state index is 11.3. The summed E-state index contributed by atoms with van der Waals surface area (Å²) in [6.45, 7) is 3.16. The van der Waals surface area contributed by atoms with Gasteiger partial charge in [-0.15, -0.1) is 0 Å². The minimum absolute atomic E-state index is 0.149. The molecule has 1 aliphatic rings. The van der Waals surface area contributed by atoms with E-state index in [1.54, 1.807) is 6.92 Å². The standard InChI is InChI=1S/C13H13N2O/c1-9(16)15-7-6-11-10-4-2-3-5-12(10)14-13(11)8-15/h3-5,14H,6-8H2,1H3. The molecule has 0 unspecified atom stereocenters. The smallest absolute Gasteiger partial charge is 0.219 e. The molecule has 3 rings (SSSR count). The molecular formula is C13H13N2O. The van der Waals surface area contributed by atoms with Gasteiger partial charge < -0.3 is 9.88 Å². The molecule has 1 radical (unpaired) electrons. The van der Waals surface area contributed by atoms with Gasteiger partial charge >= 0.3 is 0 Å². The third kappa shape index (κ3) is 1.32. The largest absolute Gasteiger partial charge is 0.357 e. The molecule has 1 amide bonds. The average molecular weight is 213 g/mol. The maximum atomic E-state index is 11.3. The van der Waals surface area contributed by atoms with E-state index in [2.05, 4.69) is 11.1 Å². The van der Waals surface area contributed by atoms with Gasteiger partial charge in [0.15, 0.2) is 0 Å². The van der Waals surface area contributed by atoms with Gasteiger partial charge in [-0.3, -0.25) is 4.79 Å². The molecule has 2 aromatic rings. The van der Waals surface area contributed by atoms with Gasteiger partial charge in [-0.2, -0.15) is 0 Å². The number of hydrogen-bond acceptors (Lipinski definition) is 1. The van der Waals surface area contributed by atoms with Crippen LogP contribution in [0.1, 0.15) is 18.2 Å². The number of rotatable bonds is 0. The summed E-state index contributed by atoms with van der Waals surface area (Å²) in [6.07, 6.45) is 0.937. The van der Waals surface area contributed by atoms with Crippen LogP contribution in [-0.4, -0.2) is 22.3 Å². The zero-order valence-corrected chi connectivity index (χ0v) is 9.21. The molecular weight excluding hydrogens is 200 g/mol. The highest BCUT2D eigenvalue weighted by atomic mass is 16.2. The molecule has 1 aromatic heterocycles. The van der Waals surface area contributed by atoms with Gasteiger partial charge in [-0.1, -0.05) is 6.07 Å². The highest BCUT2D eigenvalue weighted by Gasteiger charge is 2.21. The number of aromatic nitrogens is 1. The SMILES string of the molecule is CC(=O)N1CCc2c([nH]c3cc[c]cc23)C1. The first kappa shape index (κ1) is 9.46. The van der Waals surface area contributed by atoms with E-state index in [-0.39, 0.29) is 5.91 Å². The zero-order chi connectivity index (χ0) is 11.1. The van der Waals surface area contributed by atoms with Crippen LogP contribution in [0.3, 0.4) is 0 Å². The highest BCUT2D eigenvalue weighted by Crippen LogP contribution is 2.27. The Hall–Kier alpha value is -1.77. The van der Waals surface area contributed by atoms with Crippen molar-refractivity contribution < 1.29 is 4.79 Å². The molecule has 0 saturated heterocycles. The molecule has 16 heavy (non-hydrogen) atoms. The van der Waals surface area contributed by atoms with Gasteiger partial charge in [0.1, 0.15) is 0 Å². The van der Waals surface area contributed by atoms with Gasteiger partial charge in [-0.05, 0) is 30.2 Å². The van der Waals surface area contributed by atoms with Crippen molar-refractivity contribution in [3.05, 3.63) is 35.5 Å². The summed E-state index contributed by atoms with van der Waals surface area (Å²) in [5.41, 5.74) is 3.68.